The van der Waals surface area contributed by atoms with Crippen LogP contribution in [0.3, 0.4) is 0 Å². The van der Waals surface area contributed by atoms with Gasteiger partial charge in [0.2, 0.25) is 0 Å². The number of fused-ring (bicyclic) bond motifs is 1. The quantitative estimate of drug-likeness (QED) is 0.381. The number of para-hydroxylation sites is 1. The molecule has 1 saturated carbocycles. The van der Waals surface area contributed by atoms with Crippen LogP contribution < -0.4 is 9.80 Å². The Bertz CT molecular complexity index is 1120. The van der Waals surface area contributed by atoms with Gasteiger partial charge in [0, 0.05) is 45.0 Å². The van der Waals surface area contributed by atoms with E-state index >= 15 is 0 Å². The molecule has 1 aliphatic carbocycles. The summed E-state index contributed by atoms with van der Waals surface area (Å²) in [6, 6.07) is 20.0. The van der Waals surface area contributed by atoms with Crippen molar-refractivity contribution in [3.8, 4) is 0 Å². The van der Waals surface area contributed by atoms with E-state index in [1.54, 1.807) is 11.3 Å². The molecule has 32 heavy (non-hydrogen) atoms. The lowest BCUT2D eigenvalue weighted by Gasteiger charge is -2.35. The second-order valence-electron chi connectivity index (χ2n) is 8.63. The van der Waals surface area contributed by atoms with Gasteiger partial charge < -0.3 is 9.80 Å². The summed E-state index contributed by atoms with van der Waals surface area (Å²) in [6.07, 6.45) is 6.46. The minimum absolute atomic E-state index is 0.144. The van der Waals surface area contributed by atoms with Crippen LogP contribution in [0.5, 0.6) is 0 Å². The highest BCUT2D eigenvalue weighted by Gasteiger charge is 2.44. The van der Waals surface area contributed by atoms with Gasteiger partial charge in [-0.05, 0) is 48.6 Å². The van der Waals surface area contributed by atoms with E-state index in [1.165, 1.54) is 24.1 Å². The number of hydrogen-bond donors (Lipinski definition) is 0. The zero-order valence-corrected chi connectivity index (χ0v) is 19.6. The number of benzene rings is 2. The van der Waals surface area contributed by atoms with Gasteiger partial charge in [-0.3, -0.25) is 4.79 Å². The van der Waals surface area contributed by atoms with Crippen LogP contribution in [-0.2, 0) is 11.2 Å². The van der Waals surface area contributed by atoms with Crippen LogP contribution in [0, 0.1) is 0 Å². The van der Waals surface area contributed by atoms with E-state index in [-0.39, 0.29) is 11.9 Å². The molecule has 1 aromatic heterocycles. The summed E-state index contributed by atoms with van der Waals surface area (Å²) >= 11 is 8.09. The number of halogens is 1. The first-order valence-corrected chi connectivity index (χ1v) is 12.6. The molecule has 5 rings (SSSR count). The van der Waals surface area contributed by atoms with Gasteiger partial charge >= 0.3 is 0 Å². The van der Waals surface area contributed by atoms with Crippen LogP contribution in [0.4, 0.5) is 11.4 Å². The molecule has 0 N–H and O–H groups in total. The molecule has 2 aliphatic rings. The van der Waals surface area contributed by atoms with E-state index in [4.69, 9.17) is 11.6 Å². The molecule has 1 amide bonds. The number of allylic oxidation sites excluding steroid dienone is 1. The number of anilines is 2. The molecular weight excluding hydrogens is 436 g/mol. The first-order valence-electron chi connectivity index (χ1n) is 11.3. The van der Waals surface area contributed by atoms with E-state index in [0.717, 1.165) is 35.5 Å². The van der Waals surface area contributed by atoms with E-state index in [0.29, 0.717) is 11.4 Å². The van der Waals surface area contributed by atoms with Crippen LogP contribution in [0.1, 0.15) is 48.6 Å². The van der Waals surface area contributed by atoms with Crippen molar-refractivity contribution in [3.05, 3.63) is 93.8 Å². The Morgan fingerprint density at radius 1 is 1.06 bits per heavy atom. The van der Waals surface area contributed by atoms with E-state index < -0.39 is 6.04 Å². The van der Waals surface area contributed by atoms with Gasteiger partial charge in [0.1, 0.15) is 6.04 Å². The molecule has 0 bridgehead atoms. The summed E-state index contributed by atoms with van der Waals surface area (Å²) in [5, 5.41) is 2.73. The highest BCUT2D eigenvalue weighted by atomic mass is 35.5. The van der Waals surface area contributed by atoms with Crippen molar-refractivity contribution in [2.75, 3.05) is 9.80 Å². The molecule has 2 heterocycles. The second kappa shape index (κ2) is 9.13. The van der Waals surface area contributed by atoms with E-state index in [9.17, 15) is 4.79 Å². The van der Waals surface area contributed by atoms with Crippen LogP contribution in [0.25, 0.3) is 0 Å². The third-order valence-electron chi connectivity index (χ3n) is 6.55. The first-order chi connectivity index (χ1) is 15.6. The Morgan fingerprint density at radius 3 is 2.62 bits per heavy atom. The number of hydrogen-bond acceptors (Lipinski definition) is 3. The maximum atomic E-state index is 14.1. The summed E-state index contributed by atoms with van der Waals surface area (Å²) < 4.78 is 0. The van der Waals surface area contributed by atoms with Gasteiger partial charge in [-0.1, -0.05) is 67.8 Å². The van der Waals surface area contributed by atoms with Crippen molar-refractivity contribution < 1.29 is 4.79 Å². The van der Waals surface area contributed by atoms with Crippen LogP contribution in [0.2, 0.25) is 5.02 Å². The summed E-state index contributed by atoms with van der Waals surface area (Å²) in [5.41, 5.74) is 3.90. The summed E-state index contributed by atoms with van der Waals surface area (Å²) in [6.45, 7) is 4.44. The average molecular weight is 463 g/mol. The van der Waals surface area contributed by atoms with Crippen molar-refractivity contribution in [1.82, 2.24) is 0 Å². The number of nitrogens with zero attached hydrogens (tertiary/aromatic N) is 2. The van der Waals surface area contributed by atoms with E-state index in [1.807, 2.05) is 36.4 Å². The minimum atomic E-state index is -0.431. The third-order valence-corrected chi connectivity index (χ3v) is 7.66. The average Bonchev–Trinajstić information content (AvgIpc) is 3.41. The molecule has 5 heteroatoms. The first kappa shape index (κ1) is 21.3. The molecule has 1 unspecified atom stereocenters. The number of thiophene rings is 1. The maximum Gasteiger partial charge on any atom is 0.255 e. The lowest BCUT2D eigenvalue weighted by Crippen LogP contribution is -2.43. The standard InChI is InChI=1S/C27H27ClN2OS/c1-19(17-23-13-8-16-32-23)29(22-12-7-9-20(28)18-22)26-24-14-5-6-15-25(24)30(27(26)31)21-10-3-2-4-11-21/h5-9,12-16,18,21,26H,1-4,10-11,17H2. The summed E-state index contributed by atoms with van der Waals surface area (Å²) in [5.74, 6) is 0.144. The predicted octanol–water partition coefficient (Wildman–Crippen LogP) is 7.38. The van der Waals surface area contributed by atoms with Crippen molar-refractivity contribution >= 4 is 40.2 Å². The van der Waals surface area contributed by atoms with Gasteiger partial charge in [-0.2, -0.15) is 0 Å². The number of carbonyl (C=O) groups is 1. The number of rotatable bonds is 6. The molecule has 164 valence electrons. The Hall–Kier alpha value is -2.56. The van der Waals surface area contributed by atoms with Gasteiger partial charge in [0.25, 0.3) is 5.91 Å². The molecule has 0 saturated heterocycles. The lowest BCUT2D eigenvalue weighted by atomic mass is 9.94. The van der Waals surface area contributed by atoms with Crippen molar-refractivity contribution in [1.29, 1.82) is 0 Å². The van der Waals surface area contributed by atoms with Crippen LogP contribution >= 0.6 is 22.9 Å². The molecule has 1 aliphatic heterocycles. The second-order valence-corrected chi connectivity index (χ2v) is 10.1. The Morgan fingerprint density at radius 2 is 1.88 bits per heavy atom. The summed E-state index contributed by atoms with van der Waals surface area (Å²) in [7, 11) is 0. The van der Waals surface area contributed by atoms with Crippen molar-refractivity contribution in [2.45, 2.75) is 50.6 Å². The Kier molecular flexibility index (Phi) is 6.07. The van der Waals surface area contributed by atoms with Crippen LogP contribution in [-0.4, -0.2) is 11.9 Å². The van der Waals surface area contributed by atoms with Crippen molar-refractivity contribution in [2.24, 2.45) is 0 Å². The molecule has 3 nitrogen and oxygen atoms in total. The third kappa shape index (κ3) is 3.98. The predicted molar refractivity (Wildman–Crippen MR) is 135 cm³/mol. The summed E-state index contributed by atoms with van der Waals surface area (Å²) in [4.78, 5) is 19.5. The van der Waals surface area contributed by atoms with Gasteiger partial charge in [0.15, 0.2) is 0 Å². The topological polar surface area (TPSA) is 23.6 Å². The van der Waals surface area contributed by atoms with Gasteiger partial charge in [-0.25, -0.2) is 0 Å². The largest absolute Gasteiger partial charge is 0.329 e. The van der Waals surface area contributed by atoms with Crippen LogP contribution in [0.15, 0.2) is 78.3 Å². The molecule has 1 fully saturated rings. The molecule has 1 atom stereocenters. The Labute approximate surface area is 198 Å². The number of carbonyl (C=O) groups excluding carboxylic acids is 1. The smallest absolute Gasteiger partial charge is 0.255 e. The Balaban J connectivity index is 1.58. The van der Waals surface area contributed by atoms with E-state index in [2.05, 4.69) is 46.0 Å². The highest BCUT2D eigenvalue weighted by molar-refractivity contribution is 7.09. The lowest BCUT2D eigenvalue weighted by molar-refractivity contribution is -0.119. The van der Waals surface area contributed by atoms with Gasteiger partial charge in [-0.15, -0.1) is 11.3 Å². The van der Waals surface area contributed by atoms with Gasteiger partial charge in [0.05, 0.1) is 0 Å². The van der Waals surface area contributed by atoms with Crippen molar-refractivity contribution in [3.63, 3.8) is 0 Å². The zero-order chi connectivity index (χ0) is 22.1. The fourth-order valence-electron chi connectivity index (χ4n) is 5.13. The molecule has 2 aromatic carbocycles. The molecule has 3 aromatic rings. The monoisotopic (exact) mass is 462 g/mol. The highest BCUT2D eigenvalue weighted by Crippen LogP contribution is 2.45. The SMILES string of the molecule is C=C(Cc1cccs1)N(c1cccc(Cl)c1)C1C(=O)N(C2CCCCC2)c2ccccc21. The normalized spacial score (nSPS) is 18.6. The fraction of sp³-hybridized carbons (Fsp3) is 0.296. The maximum absolute atomic E-state index is 14.1. The molecule has 0 radical (unpaired) electrons. The minimum Gasteiger partial charge on any atom is -0.329 e. The number of amides is 1. The molecular formula is C27H27ClN2OS. The fourth-order valence-corrected chi connectivity index (χ4v) is 6.05. The molecule has 0 spiro atoms. The zero-order valence-electron chi connectivity index (χ0n) is 18.0.